The molecule has 2 bridgehead atoms. The summed E-state index contributed by atoms with van der Waals surface area (Å²) in [6.07, 6.45) is 1.90. The van der Waals surface area contributed by atoms with Crippen LogP contribution in [0.25, 0.3) is 10.8 Å². The number of benzene rings is 2. The lowest BCUT2D eigenvalue weighted by Crippen LogP contribution is -2.75. The first-order valence-corrected chi connectivity index (χ1v) is 12.2. The van der Waals surface area contributed by atoms with Crippen molar-refractivity contribution >= 4 is 26.5 Å². The molecule has 4 aliphatic rings. The quantitative estimate of drug-likeness (QED) is 0.726. The molecule has 0 radical (unpaired) electrons. The van der Waals surface area contributed by atoms with Crippen molar-refractivity contribution in [2.24, 2.45) is 0 Å². The normalized spacial score (nSPS) is 29.7. The summed E-state index contributed by atoms with van der Waals surface area (Å²) < 4.78 is 29.2. The highest BCUT2D eigenvalue weighted by molar-refractivity contribution is 7.93. The molecule has 1 N–H and O–H groups in total. The fraction of sp³-hybridized carbons (Fsp3) is 0.545. The molecular weight excluding hydrogens is 386 g/mol. The number of sulfonamides is 1. The molecule has 29 heavy (non-hydrogen) atoms. The summed E-state index contributed by atoms with van der Waals surface area (Å²) in [5, 5.41) is 11.2. The molecule has 0 aromatic heterocycles. The second-order valence-corrected chi connectivity index (χ2v) is 11.1. The average molecular weight is 418 g/mol. The maximum atomic E-state index is 12.7. The van der Waals surface area contributed by atoms with Gasteiger partial charge in [0.05, 0.1) is 23.7 Å². The molecule has 0 spiro atoms. The highest BCUT2D eigenvalue weighted by atomic mass is 32.2. The van der Waals surface area contributed by atoms with Crippen LogP contribution in [0.15, 0.2) is 35.2 Å². The predicted molar refractivity (Wildman–Crippen MR) is 114 cm³/mol. The molecule has 6 nitrogen and oxygen atoms in total. The number of aliphatic hydroxyl groups excluding tert-OH is 1. The van der Waals surface area contributed by atoms with Crippen molar-refractivity contribution in [3.8, 4) is 0 Å². The van der Waals surface area contributed by atoms with Crippen molar-refractivity contribution in [1.82, 2.24) is 0 Å². The summed E-state index contributed by atoms with van der Waals surface area (Å²) in [6.45, 7) is 9.91. The van der Waals surface area contributed by atoms with E-state index in [1.807, 2.05) is 24.3 Å². The van der Waals surface area contributed by atoms with E-state index in [0.29, 0.717) is 11.5 Å². The SMILES string of the molecule is CN1c2cccc3c(CC[N+]45CC[N+](CCCO)(CC4)CC5)ccc(c23)S1(=O)=O. The number of rotatable bonds is 6. The standard InChI is InChI=1S/C22H31N3O3S/c1-23-20-5-2-4-19-18(6-7-21(22(19)20)29(23,27)28)8-10-25-14-11-24(12-15-25,13-16-25)9-3-17-26/h2,4-7,26H,3,8-17H2,1H3/q+2. The number of quaternary nitrogens is 2. The Bertz CT molecular complexity index is 1040. The van der Waals surface area contributed by atoms with Gasteiger partial charge in [-0.05, 0) is 23.1 Å². The summed E-state index contributed by atoms with van der Waals surface area (Å²) >= 11 is 0. The van der Waals surface area contributed by atoms with Gasteiger partial charge in [-0.25, -0.2) is 8.42 Å². The van der Waals surface area contributed by atoms with Crippen LogP contribution in [-0.4, -0.2) is 88.5 Å². The Hall–Kier alpha value is -1.67. The van der Waals surface area contributed by atoms with Crippen molar-refractivity contribution in [3.05, 3.63) is 35.9 Å². The zero-order valence-corrected chi connectivity index (χ0v) is 18.0. The van der Waals surface area contributed by atoms with Crippen molar-refractivity contribution in [3.63, 3.8) is 0 Å². The Morgan fingerprint density at radius 2 is 1.62 bits per heavy atom. The van der Waals surface area contributed by atoms with Gasteiger partial charge in [-0.15, -0.1) is 0 Å². The van der Waals surface area contributed by atoms with Gasteiger partial charge in [-0.3, -0.25) is 4.31 Å². The average Bonchev–Trinajstić information content (AvgIpc) is 2.95. The summed E-state index contributed by atoms with van der Waals surface area (Å²) in [5.41, 5.74) is 2.06. The van der Waals surface area contributed by atoms with Gasteiger partial charge in [0, 0.05) is 31.9 Å². The molecule has 2 aromatic carbocycles. The van der Waals surface area contributed by atoms with E-state index < -0.39 is 10.0 Å². The van der Waals surface area contributed by atoms with Gasteiger partial charge in [-0.1, -0.05) is 18.2 Å². The summed E-state index contributed by atoms with van der Waals surface area (Å²) in [6, 6.07) is 9.80. The van der Waals surface area contributed by atoms with Gasteiger partial charge in [0.2, 0.25) is 0 Å². The van der Waals surface area contributed by atoms with E-state index in [-0.39, 0.29) is 0 Å². The van der Waals surface area contributed by atoms with Crippen molar-refractivity contribution in [2.45, 2.75) is 17.7 Å². The van der Waals surface area contributed by atoms with Crippen LogP contribution < -0.4 is 4.31 Å². The second kappa shape index (κ2) is 6.67. The first-order valence-electron chi connectivity index (χ1n) is 10.7. The third-order valence-electron chi connectivity index (χ3n) is 7.84. The summed E-state index contributed by atoms with van der Waals surface area (Å²) in [7, 11) is -1.76. The molecule has 3 saturated heterocycles. The molecule has 0 saturated carbocycles. The number of piperazine rings is 3. The minimum absolute atomic E-state index is 0.302. The first kappa shape index (κ1) is 19.3. The van der Waals surface area contributed by atoms with E-state index in [0.717, 1.165) is 42.4 Å². The molecule has 0 amide bonds. The minimum Gasteiger partial charge on any atom is -0.396 e. The molecular formula is C22H31N3O3S+2. The molecule has 0 unspecified atom stereocenters. The minimum atomic E-state index is -3.40. The second-order valence-electron chi connectivity index (χ2n) is 9.19. The van der Waals surface area contributed by atoms with Crippen molar-refractivity contribution in [2.75, 3.05) is 70.3 Å². The van der Waals surface area contributed by atoms with Gasteiger partial charge >= 0.3 is 0 Å². The molecule has 3 fully saturated rings. The molecule has 2 aromatic rings. The van der Waals surface area contributed by atoms with E-state index in [4.69, 9.17) is 0 Å². The largest absolute Gasteiger partial charge is 0.396 e. The number of nitrogens with zero attached hydrogens (tertiary/aromatic N) is 3. The van der Waals surface area contributed by atoms with Crippen LogP contribution in [0.2, 0.25) is 0 Å². The van der Waals surface area contributed by atoms with Crippen LogP contribution in [0.4, 0.5) is 5.69 Å². The lowest BCUT2D eigenvalue weighted by atomic mass is 9.99. The van der Waals surface area contributed by atoms with Gasteiger partial charge in [-0.2, -0.15) is 0 Å². The highest BCUT2D eigenvalue weighted by Gasteiger charge is 2.48. The number of hydrogen-bond donors (Lipinski definition) is 1. The fourth-order valence-electron chi connectivity index (χ4n) is 5.77. The zero-order valence-electron chi connectivity index (χ0n) is 17.2. The van der Waals surface area contributed by atoms with Gasteiger partial charge < -0.3 is 14.1 Å². The Morgan fingerprint density at radius 3 is 2.28 bits per heavy atom. The fourth-order valence-corrected chi connectivity index (χ4v) is 7.19. The number of aliphatic hydroxyl groups is 1. The van der Waals surface area contributed by atoms with Crippen LogP contribution in [0.5, 0.6) is 0 Å². The molecule has 7 heteroatoms. The Balaban J connectivity index is 1.38. The monoisotopic (exact) mass is 417 g/mol. The van der Waals surface area contributed by atoms with E-state index in [9.17, 15) is 13.5 Å². The highest BCUT2D eigenvalue weighted by Crippen LogP contribution is 2.42. The Labute approximate surface area is 173 Å². The number of fused-ring (bicyclic) bond motifs is 3. The third-order valence-corrected chi connectivity index (χ3v) is 9.65. The molecule has 6 rings (SSSR count). The van der Waals surface area contributed by atoms with Crippen molar-refractivity contribution in [1.29, 1.82) is 0 Å². The van der Waals surface area contributed by atoms with Crippen LogP contribution in [0, 0.1) is 0 Å². The maximum absolute atomic E-state index is 12.7. The van der Waals surface area contributed by atoms with Crippen LogP contribution >= 0.6 is 0 Å². The van der Waals surface area contributed by atoms with Crippen molar-refractivity contribution < 1.29 is 22.5 Å². The number of anilines is 1. The van der Waals surface area contributed by atoms with Gasteiger partial charge in [0.25, 0.3) is 10.0 Å². The smallest absolute Gasteiger partial charge is 0.264 e. The molecule has 156 valence electrons. The van der Waals surface area contributed by atoms with Crippen LogP contribution in [0.3, 0.4) is 0 Å². The van der Waals surface area contributed by atoms with E-state index in [1.165, 1.54) is 58.1 Å². The maximum Gasteiger partial charge on any atom is 0.264 e. The Kier molecular flexibility index (Phi) is 4.44. The molecule has 0 atom stereocenters. The zero-order chi connectivity index (χ0) is 20.3. The van der Waals surface area contributed by atoms with Gasteiger partial charge in [0.1, 0.15) is 39.3 Å². The Morgan fingerprint density at radius 1 is 0.966 bits per heavy atom. The van der Waals surface area contributed by atoms with E-state index >= 15 is 0 Å². The van der Waals surface area contributed by atoms with E-state index in [2.05, 4.69) is 6.07 Å². The van der Waals surface area contributed by atoms with E-state index in [1.54, 1.807) is 7.05 Å². The lowest BCUT2D eigenvalue weighted by molar-refractivity contribution is -1.08. The first-order chi connectivity index (χ1) is 13.9. The van der Waals surface area contributed by atoms with Crippen LogP contribution in [0.1, 0.15) is 12.0 Å². The summed E-state index contributed by atoms with van der Waals surface area (Å²) in [4.78, 5) is 0.448. The van der Waals surface area contributed by atoms with Gasteiger partial charge in [0.15, 0.2) is 0 Å². The molecule has 0 aliphatic carbocycles. The molecule has 4 aliphatic heterocycles. The summed E-state index contributed by atoms with van der Waals surface area (Å²) in [5.74, 6) is 0. The molecule has 4 heterocycles. The third kappa shape index (κ3) is 2.90. The topological polar surface area (TPSA) is 57.6 Å². The lowest BCUT2D eigenvalue weighted by Gasteiger charge is -2.55. The predicted octanol–water partition coefficient (Wildman–Crippen LogP) is 1.56. The van der Waals surface area contributed by atoms with Crippen LogP contribution in [-0.2, 0) is 16.4 Å². The number of hydrogen-bond acceptors (Lipinski definition) is 3.